The number of imidazole rings is 1. The SMILES string of the molecule is c1ccc(N2CN(c3cccc(Oc4ccc5c(c4)N(c4nccn4-c4ccccc4)c4ccccc4[Te]5)c3)c3ccccc32)cc1. The summed E-state index contributed by atoms with van der Waals surface area (Å²) in [6.07, 6.45) is 3.90. The molecule has 3 heterocycles. The topological polar surface area (TPSA) is 36.8 Å². The molecule has 1 aromatic heterocycles. The van der Waals surface area contributed by atoms with E-state index in [4.69, 9.17) is 9.72 Å². The molecule has 47 heavy (non-hydrogen) atoms. The summed E-state index contributed by atoms with van der Waals surface area (Å²) in [5, 5.41) is 0. The molecule has 0 atom stereocenters. The first-order chi connectivity index (χ1) is 23.3. The average Bonchev–Trinajstić information content (AvgIpc) is 3.77. The molecule has 0 saturated heterocycles. The number of benzene rings is 6. The van der Waals surface area contributed by atoms with Gasteiger partial charge in [0.1, 0.15) is 0 Å². The smallest absolute Gasteiger partial charge is 0.0383 e. The summed E-state index contributed by atoms with van der Waals surface area (Å²) in [7, 11) is 0. The first-order valence-corrected chi connectivity index (χ1v) is 17.9. The van der Waals surface area contributed by atoms with Crippen molar-refractivity contribution in [2.75, 3.05) is 21.4 Å². The number of rotatable bonds is 6. The van der Waals surface area contributed by atoms with Gasteiger partial charge in [0.2, 0.25) is 0 Å². The molecule has 9 rings (SSSR count). The number of para-hydroxylation sites is 5. The van der Waals surface area contributed by atoms with Gasteiger partial charge in [-0.25, -0.2) is 0 Å². The molecular formula is C40H29N5OTe. The summed E-state index contributed by atoms with van der Waals surface area (Å²) >= 11 is -0.595. The Balaban J connectivity index is 1.06. The minimum Gasteiger partial charge on any atom is -0.0602 e. The average molecular weight is 723 g/mol. The molecule has 7 heteroatoms. The minimum atomic E-state index is -0.595. The number of anilines is 7. The van der Waals surface area contributed by atoms with Gasteiger partial charge in [-0.1, -0.05) is 24.3 Å². The molecule has 0 amide bonds. The molecule has 2 aliphatic heterocycles. The molecule has 0 saturated carbocycles. The summed E-state index contributed by atoms with van der Waals surface area (Å²) in [5.74, 6) is 2.44. The Kier molecular flexibility index (Phi) is 6.92. The van der Waals surface area contributed by atoms with Crippen molar-refractivity contribution in [3.63, 3.8) is 0 Å². The third-order valence-electron chi connectivity index (χ3n) is 8.53. The number of hydrogen-bond acceptors (Lipinski definition) is 5. The van der Waals surface area contributed by atoms with Gasteiger partial charge in [-0.2, -0.15) is 0 Å². The zero-order valence-corrected chi connectivity index (χ0v) is 27.7. The molecule has 6 aromatic carbocycles. The Bertz CT molecular complexity index is 2220. The molecule has 2 aliphatic rings. The molecule has 0 spiro atoms. The van der Waals surface area contributed by atoms with Gasteiger partial charge in [0.15, 0.2) is 0 Å². The van der Waals surface area contributed by atoms with Gasteiger partial charge >= 0.3 is 249 Å². The maximum absolute atomic E-state index is 6.63. The van der Waals surface area contributed by atoms with Crippen LogP contribution in [-0.2, 0) is 0 Å². The quantitative estimate of drug-likeness (QED) is 0.161. The maximum Gasteiger partial charge on any atom is -0.0383 e. The Labute approximate surface area is 283 Å². The second-order valence-electron chi connectivity index (χ2n) is 11.4. The van der Waals surface area contributed by atoms with Gasteiger partial charge in [0.25, 0.3) is 0 Å². The van der Waals surface area contributed by atoms with E-state index in [-0.39, 0.29) is 0 Å². The number of aromatic nitrogens is 2. The zero-order chi connectivity index (χ0) is 31.2. The second kappa shape index (κ2) is 11.7. The molecule has 7 aromatic rings. The first kappa shape index (κ1) is 27.8. The van der Waals surface area contributed by atoms with Gasteiger partial charge in [0, 0.05) is 0 Å². The van der Waals surface area contributed by atoms with Crippen molar-refractivity contribution in [1.29, 1.82) is 0 Å². The van der Waals surface area contributed by atoms with Crippen molar-refractivity contribution >= 4 is 68.2 Å². The van der Waals surface area contributed by atoms with Crippen LogP contribution < -0.4 is 26.7 Å². The third-order valence-corrected chi connectivity index (χ3v) is 11.8. The Hall–Kier alpha value is -5.48. The van der Waals surface area contributed by atoms with Gasteiger partial charge in [-0.15, -0.1) is 0 Å². The van der Waals surface area contributed by atoms with Crippen LogP contribution in [0.25, 0.3) is 5.69 Å². The van der Waals surface area contributed by atoms with E-state index in [9.17, 15) is 0 Å². The Morgan fingerprint density at radius 1 is 0.511 bits per heavy atom. The van der Waals surface area contributed by atoms with Crippen LogP contribution in [0.15, 0.2) is 164 Å². The molecule has 0 N–H and O–H groups in total. The Morgan fingerprint density at radius 3 is 1.91 bits per heavy atom. The third kappa shape index (κ3) is 5.01. The van der Waals surface area contributed by atoms with Crippen LogP contribution in [0.5, 0.6) is 11.5 Å². The van der Waals surface area contributed by atoms with Gasteiger partial charge in [-0.05, 0) is 12.1 Å². The monoisotopic (exact) mass is 725 g/mol. The van der Waals surface area contributed by atoms with Crippen molar-refractivity contribution in [2.45, 2.75) is 0 Å². The van der Waals surface area contributed by atoms with Crippen LogP contribution in [0, 0.1) is 0 Å². The molecule has 0 fully saturated rings. The van der Waals surface area contributed by atoms with Crippen LogP contribution in [0.1, 0.15) is 0 Å². The van der Waals surface area contributed by atoms with E-state index in [0.29, 0.717) is 0 Å². The first-order valence-electron chi connectivity index (χ1n) is 15.6. The predicted molar refractivity (Wildman–Crippen MR) is 192 cm³/mol. The van der Waals surface area contributed by atoms with E-state index in [1.165, 1.54) is 30.0 Å². The largest absolute Gasteiger partial charge is 0.0602 e. The molecular weight excluding hydrogens is 694 g/mol. The maximum atomic E-state index is 6.63. The van der Waals surface area contributed by atoms with Gasteiger partial charge in [-0.3, -0.25) is 0 Å². The fraction of sp³-hybridized carbons (Fsp3) is 0.0250. The molecule has 0 unspecified atom stereocenters. The number of hydrogen-bond donors (Lipinski definition) is 0. The van der Waals surface area contributed by atoms with Gasteiger partial charge < -0.3 is 0 Å². The van der Waals surface area contributed by atoms with Crippen molar-refractivity contribution in [3.8, 4) is 17.2 Å². The van der Waals surface area contributed by atoms with Crippen LogP contribution in [0.3, 0.4) is 0 Å². The summed E-state index contributed by atoms with van der Waals surface area (Å²) in [6.45, 7) is 0.721. The van der Waals surface area contributed by atoms with E-state index in [2.05, 4.69) is 159 Å². The Morgan fingerprint density at radius 2 is 1.13 bits per heavy atom. The standard InChI is InChI=1S/C40H29N5OTe/c1-3-12-29(13-4-1)42-25-24-41-40(42)45-36-20-9-10-21-38(36)47-39-23-22-33(27-37(39)45)46-32-17-11-16-31(26-32)44-28-43(30-14-5-2-6-15-30)34-18-7-8-19-35(34)44/h1-27H,28H2. The summed E-state index contributed by atoms with van der Waals surface area (Å²) in [6, 6.07) is 53.1. The van der Waals surface area contributed by atoms with Crippen LogP contribution in [0.2, 0.25) is 0 Å². The van der Waals surface area contributed by atoms with E-state index in [0.717, 1.165) is 41.2 Å². The van der Waals surface area contributed by atoms with Crippen LogP contribution >= 0.6 is 0 Å². The summed E-state index contributed by atoms with van der Waals surface area (Å²) in [5.41, 5.74) is 7.99. The molecule has 6 nitrogen and oxygen atoms in total. The van der Waals surface area contributed by atoms with Crippen molar-refractivity contribution < 1.29 is 4.74 Å². The van der Waals surface area contributed by atoms with Crippen molar-refractivity contribution in [3.05, 3.63) is 164 Å². The van der Waals surface area contributed by atoms with Crippen LogP contribution in [0.4, 0.5) is 40.1 Å². The number of nitrogens with zero attached hydrogens (tertiary/aromatic N) is 5. The fourth-order valence-electron chi connectivity index (χ4n) is 6.38. The molecule has 0 aliphatic carbocycles. The van der Waals surface area contributed by atoms with Crippen molar-refractivity contribution in [1.82, 2.24) is 9.55 Å². The van der Waals surface area contributed by atoms with E-state index >= 15 is 0 Å². The van der Waals surface area contributed by atoms with Crippen LogP contribution in [-0.4, -0.2) is 37.1 Å². The van der Waals surface area contributed by atoms with Crippen molar-refractivity contribution in [2.24, 2.45) is 0 Å². The van der Waals surface area contributed by atoms with E-state index in [1.54, 1.807) is 0 Å². The summed E-state index contributed by atoms with van der Waals surface area (Å²) in [4.78, 5) is 11.9. The number of fused-ring (bicyclic) bond motifs is 3. The second-order valence-corrected chi connectivity index (χ2v) is 14.5. The van der Waals surface area contributed by atoms with E-state index < -0.39 is 20.9 Å². The summed E-state index contributed by atoms with van der Waals surface area (Å²) < 4.78 is 11.5. The normalized spacial score (nSPS) is 13.2. The minimum absolute atomic E-state index is 0.595. The zero-order valence-electron chi connectivity index (χ0n) is 25.3. The molecule has 226 valence electrons. The fourth-order valence-corrected chi connectivity index (χ4v) is 9.34. The molecule has 0 radical (unpaired) electrons. The number of ether oxygens (including phenoxy) is 1. The molecule has 0 bridgehead atoms. The van der Waals surface area contributed by atoms with Gasteiger partial charge in [0.05, 0.1) is 0 Å². The van der Waals surface area contributed by atoms with E-state index in [1.807, 2.05) is 24.5 Å². The predicted octanol–water partition coefficient (Wildman–Crippen LogP) is 8.35.